The number of nitrogens with one attached hydrogen (secondary N) is 1. The number of allylic oxidation sites excluding steroid dienone is 2. The van der Waals surface area contributed by atoms with Crippen molar-refractivity contribution in [3.05, 3.63) is 92.1 Å². The number of halogens is 2. The molecule has 3 aromatic rings. The molecule has 3 aromatic heterocycles. The molecule has 0 fully saturated rings. The summed E-state index contributed by atoms with van der Waals surface area (Å²) in [6.45, 7) is 6.96. The van der Waals surface area contributed by atoms with Crippen LogP contribution in [0.25, 0.3) is 5.69 Å². The lowest BCUT2D eigenvalue weighted by Gasteiger charge is -2.16. The van der Waals surface area contributed by atoms with E-state index >= 15 is 0 Å². The Balaban J connectivity index is 2.00. The van der Waals surface area contributed by atoms with Crippen molar-refractivity contribution < 1.29 is 9.13 Å². The Kier molecular flexibility index (Phi) is 6.65. The van der Waals surface area contributed by atoms with Crippen LogP contribution in [0.15, 0.2) is 47.5 Å². The van der Waals surface area contributed by atoms with Crippen molar-refractivity contribution in [1.29, 1.82) is 5.41 Å². The van der Waals surface area contributed by atoms with Gasteiger partial charge >= 0.3 is 0 Å². The minimum Gasteiger partial charge on any atom is -0.485 e. The van der Waals surface area contributed by atoms with Crippen molar-refractivity contribution in [1.82, 2.24) is 14.5 Å². The smallest absolute Gasteiger partial charge is 0.277 e. The molecule has 0 radical (unpaired) electrons. The first-order valence-corrected chi connectivity index (χ1v) is 9.95. The van der Waals surface area contributed by atoms with Crippen molar-refractivity contribution in [2.75, 3.05) is 0 Å². The van der Waals surface area contributed by atoms with Crippen LogP contribution in [0.5, 0.6) is 5.75 Å². The first-order valence-electron chi connectivity index (χ1n) is 9.57. The van der Waals surface area contributed by atoms with Crippen LogP contribution in [0, 0.1) is 32.0 Å². The number of pyridine rings is 3. The van der Waals surface area contributed by atoms with Crippen LogP contribution < -0.4 is 10.3 Å². The van der Waals surface area contributed by atoms with Crippen LogP contribution in [0.1, 0.15) is 35.1 Å². The zero-order chi connectivity index (χ0) is 22.7. The van der Waals surface area contributed by atoms with E-state index in [1.807, 2.05) is 13.8 Å². The third-order valence-electron chi connectivity index (χ3n) is 4.64. The summed E-state index contributed by atoms with van der Waals surface area (Å²) in [6.07, 6.45) is 6.52. The average Bonchev–Trinajstić information content (AvgIpc) is 2.72. The molecule has 0 aromatic carbocycles. The van der Waals surface area contributed by atoms with Gasteiger partial charge in [0, 0.05) is 24.2 Å². The largest absolute Gasteiger partial charge is 0.485 e. The minimum absolute atomic E-state index is 0.126. The van der Waals surface area contributed by atoms with E-state index in [1.165, 1.54) is 10.6 Å². The second-order valence-corrected chi connectivity index (χ2v) is 7.48. The summed E-state index contributed by atoms with van der Waals surface area (Å²) in [5.74, 6) is -0.333. The molecule has 0 saturated carbocycles. The van der Waals surface area contributed by atoms with Gasteiger partial charge in [-0.25, -0.2) is 4.39 Å². The van der Waals surface area contributed by atoms with E-state index in [0.717, 1.165) is 5.56 Å². The molecule has 0 spiro atoms. The summed E-state index contributed by atoms with van der Waals surface area (Å²) < 4.78 is 21.1. The molecule has 160 valence electrons. The van der Waals surface area contributed by atoms with Gasteiger partial charge in [0.25, 0.3) is 5.56 Å². The first-order chi connectivity index (χ1) is 14.7. The van der Waals surface area contributed by atoms with Gasteiger partial charge in [0.15, 0.2) is 0 Å². The maximum Gasteiger partial charge on any atom is 0.277 e. The highest BCUT2D eigenvalue weighted by molar-refractivity contribution is 6.31. The number of nitrogens with zero attached hydrogens (tertiary/aromatic N) is 3. The molecule has 0 unspecified atom stereocenters. The van der Waals surface area contributed by atoms with Gasteiger partial charge < -0.3 is 4.74 Å². The molecule has 0 saturated heterocycles. The Labute approximate surface area is 184 Å². The van der Waals surface area contributed by atoms with Gasteiger partial charge in [0.2, 0.25) is 0 Å². The molecule has 0 aliphatic rings. The molecule has 6 nitrogen and oxygen atoms in total. The lowest BCUT2D eigenvalue weighted by molar-refractivity contribution is 0.293. The number of hydrogen-bond donors (Lipinski definition) is 1. The summed E-state index contributed by atoms with van der Waals surface area (Å²) in [4.78, 5) is 21.4. The Morgan fingerprint density at radius 2 is 1.97 bits per heavy atom. The number of rotatable bonds is 6. The van der Waals surface area contributed by atoms with Crippen LogP contribution in [0.2, 0.25) is 5.02 Å². The fraction of sp³-hybridized carbons (Fsp3) is 0.217. The molecule has 0 bridgehead atoms. The summed E-state index contributed by atoms with van der Waals surface area (Å²) in [5, 5.41) is 7.97. The van der Waals surface area contributed by atoms with Gasteiger partial charge in [0.1, 0.15) is 28.9 Å². The van der Waals surface area contributed by atoms with E-state index < -0.39 is 11.4 Å². The molecule has 31 heavy (non-hydrogen) atoms. The molecule has 0 aliphatic heterocycles. The normalized spacial score (nSPS) is 11.2. The number of aryl methyl sites for hydroxylation is 3. The van der Waals surface area contributed by atoms with Crippen molar-refractivity contribution in [2.45, 2.75) is 34.3 Å². The molecule has 0 atom stereocenters. The quantitative estimate of drug-likeness (QED) is 0.554. The average molecular weight is 441 g/mol. The number of aromatic nitrogens is 3. The van der Waals surface area contributed by atoms with E-state index in [-0.39, 0.29) is 28.8 Å². The summed E-state index contributed by atoms with van der Waals surface area (Å²) in [5.41, 5.74) is 2.90. The zero-order valence-corrected chi connectivity index (χ0v) is 18.4. The van der Waals surface area contributed by atoms with Crippen LogP contribution in [-0.2, 0) is 6.61 Å². The molecular formula is C23H22ClFN4O2. The maximum absolute atomic E-state index is 14.0. The molecule has 8 heteroatoms. The van der Waals surface area contributed by atoms with Crippen LogP contribution >= 0.6 is 11.6 Å². The van der Waals surface area contributed by atoms with E-state index in [1.54, 1.807) is 50.5 Å². The predicted molar refractivity (Wildman–Crippen MR) is 119 cm³/mol. The van der Waals surface area contributed by atoms with E-state index in [9.17, 15) is 9.18 Å². The number of hydrogen-bond acceptors (Lipinski definition) is 5. The van der Waals surface area contributed by atoms with Gasteiger partial charge in [-0.3, -0.25) is 24.7 Å². The Hall–Kier alpha value is -3.32. The minimum atomic E-state index is -0.482. The zero-order valence-electron chi connectivity index (χ0n) is 17.7. The van der Waals surface area contributed by atoms with Crippen molar-refractivity contribution in [3.8, 4) is 11.4 Å². The third kappa shape index (κ3) is 4.72. The Morgan fingerprint density at radius 3 is 2.65 bits per heavy atom. The Bertz CT molecular complexity index is 1250. The predicted octanol–water partition coefficient (Wildman–Crippen LogP) is 4.87. The van der Waals surface area contributed by atoms with Crippen LogP contribution in [-0.4, -0.2) is 20.2 Å². The highest BCUT2D eigenvalue weighted by Gasteiger charge is 2.17. The molecule has 0 amide bonds. The highest BCUT2D eigenvalue weighted by atomic mass is 35.5. The maximum atomic E-state index is 14.0. The lowest BCUT2D eigenvalue weighted by atomic mass is 10.1. The lowest BCUT2D eigenvalue weighted by Crippen LogP contribution is -2.23. The first kappa shape index (κ1) is 22.4. The molecule has 3 heterocycles. The Morgan fingerprint density at radius 1 is 1.23 bits per heavy atom. The fourth-order valence-corrected chi connectivity index (χ4v) is 3.25. The second-order valence-electron chi connectivity index (χ2n) is 7.10. The van der Waals surface area contributed by atoms with Gasteiger partial charge in [-0.15, -0.1) is 0 Å². The van der Waals surface area contributed by atoms with Crippen LogP contribution in [0.3, 0.4) is 0 Å². The molecule has 0 aliphatic carbocycles. The van der Waals surface area contributed by atoms with Crippen molar-refractivity contribution in [2.24, 2.45) is 0 Å². The van der Waals surface area contributed by atoms with E-state index in [4.69, 9.17) is 21.7 Å². The summed E-state index contributed by atoms with van der Waals surface area (Å²) in [7, 11) is 0. The molecule has 3 rings (SSSR count). The van der Waals surface area contributed by atoms with Gasteiger partial charge in [-0.1, -0.05) is 17.7 Å². The van der Waals surface area contributed by atoms with Gasteiger partial charge in [-0.05, 0) is 57.0 Å². The fourth-order valence-electron chi connectivity index (χ4n) is 3.05. The summed E-state index contributed by atoms with van der Waals surface area (Å²) in [6, 6.07) is 4.66. The second kappa shape index (κ2) is 9.22. The standard InChI is InChI=1S/C23H22ClFN4O2/c1-5-6-17(26)18-9-20(14(3)11-28-18)29-15(4)8-21(22(24)23(29)30)31-12-19-16(25)7-13(2)10-27-19/h5-11,26H,12H2,1-4H3/b6-5-,26-17?. The topological polar surface area (TPSA) is 80.9 Å². The van der Waals surface area contributed by atoms with Crippen molar-refractivity contribution in [3.63, 3.8) is 0 Å². The summed E-state index contributed by atoms with van der Waals surface area (Å²) >= 11 is 6.31. The van der Waals surface area contributed by atoms with Gasteiger partial charge in [-0.2, -0.15) is 0 Å². The SMILES string of the molecule is C/C=C\C(=N)c1cc(-n2c(C)cc(OCc3ncc(C)cc3F)c(Cl)c2=O)c(C)cn1. The van der Waals surface area contributed by atoms with E-state index in [2.05, 4.69) is 9.97 Å². The third-order valence-corrected chi connectivity index (χ3v) is 4.99. The monoisotopic (exact) mass is 440 g/mol. The van der Waals surface area contributed by atoms with Crippen LogP contribution in [0.4, 0.5) is 4.39 Å². The number of ether oxygens (including phenoxy) is 1. The molecular weight excluding hydrogens is 419 g/mol. The van der Waals surface area contributed by atoms with E-state index in [0.29, 0.717) is 22.6 Å². The molecule has 1 N–H and O–H groups in total. The van der Waals surface area contributed by atoms with Gasteiger partial charge in [0.05, 0.1) is 17.1 Å². The van der Waals surface area contributed by atoms with Crippen molar-refractivity contribution >= 4 is 17.3 Å². The highest BCUT2D eigenvalue weighted by Crippen LogP contribution is 2.26.